The van der Waals surface area contributed by atoms with E-state index in [4.69, 9.17) is 14.2 Å². The Balaban J connectivity index is 1.91. The monoisotopic (exact) mass is 236 g/mol. The average molecular weight is 236 g/mol. The Morgan fingerprint density at radius 1 is 1.24 bits per heavy atom. The number of methoxy groups -OCH3 is 1. The maximum Gasteiger partial charge on any atom is 0.158 e. The van der Waals surface area contributed by atoms with Gasteiger partial charge in [0.05, 0.1) is 13.2 Å². The van der Waals surface area contributed by atoms with Gasteiger partial charge in [0.25, 0.3) is 0 Å². The van der Waals surface area contributed by atoms with Gasteiger partial charge < -0.3 is 14.2 Å². The van der Waals surface area contributed by atoms with Crippen molar-refractivity contribution in [2.45, 2.75) is 38.6 Å². The van der Waals surface area contributed by atoms with E-state index >= 15 is 0 Å². The zero-order valence-electron chi connectivity index (χ0n) is 10.5. The largest absolute Gasteiger partial charge is 0.497 e. The van der Waals surface area contributed by atoms with Crippen molar-refractivity contribution >= 4 is 0 Å². The van der Waals surface area contributed by atoms with E-state index in [2.05, 4.69) is 6.92 Å². The van der Waals surface area contributed by atoms with E-state index in [0.29, 0.717) is 0 Å². The zero-order valence-corrected chi connectivity index (χ0v) is 10.5. The molecule has 1 aromatic rings. The summed E-state index contributed by atoms with van der Waals surface area (Å²) in [4.78, 5) is 0. The fourth-order valence-corrected chi connectivity index (χ4v) is 2.00. The molecule has 0 radical (unpaired) electrons. The molecule has 1 aliphatic heterocycles. The van der Waals surface area contributed by atoms with E-state index < -0.39 is 0 Å². The van der Waals surface area contributed by atoms with E-state index in [1.807, 2.05) is 24.3 Å². The van der Waals surface area contributed by atoms with Gasteiger partial charge in [0.1, 0.15) is 5.75 Å². The molecule has 0 aliphatic carbocycles. The summed E-state index contributed by atoms with van der Waals surface area (Å²) >= 11 is 0. The number of ether oxygens (including phenoxy) is 3. The molecule has 0 N–H and O–H groups in total. The number of benzene rings is 1. The second kappa shape index (κ2) is 6.03. The second-order valence-electron chi connectivity index (χ2n) is 4.35. The van der Waals surface area contributed by atoms with Gasteiger partial charge in [-0.2, -0.15) is 0 Å². The van der Waals surface area contributed by atoms with Gasteiger partial charge in [0, 0.05) is 6.61 Å². The summed E-state index contributed by atoms with van der Waals surface area (Å²) in [6.45, 7) is 2.87. The highest BCUT2D eigenvalue weighted by Crippen LogP contribution is 2.24. The SMILES string of the molecule is COc1ccc(C(C)OC2CCCCO2)cc1. The fraction of sp³-hybridized carbons (Fsp3) is 0.571. The summed E-state index contributed by atoms with van der Waals surface area (Å²) in [5.74, 6) is 0.870. The van der Waals surface area contributed by atoms with E-state index in [-0.39, 0.29) is 12.4 Å². The predicted octanol–water partition coefficient (Wildman–Crippen LogP) is 3.30. The summed E-state index contributed by atoms with van der Waals surface area (Å²) < 4.78 is 16.6. The molecule has 3 nitrogen and oxygen atoms in total. The van der Waals surface area contributed by atoms with Crippen molar-refractivity contribution in [2.24, 2.45) is 0 Å². The molecule has 0 aromatic heterocycles. The Morgan fingerprint density at radius 2 is 2.00 bits per heavy atom. The van der Waals surface area contributed by atoms with Crippen LogP contribution in [0.1, 0.15) is 37.9 Å². The van der Waals surface area contributed by atoms with Crippen LogP contribution in [0.3, 0.4) is 0 Å². The van der Waals surface area contributed by atoms with E-state index in [9.17, 15) is 0 Å². The molecule has 1 heterocycles. The summed E-state index contributed by atoms with van der Waals surface area (Å²) in [6, 6.07) is 7.98. The van der Waals surface area contributed by atoms with Crippen LogP contribution in [0, 0.1) is 0 Å². The van der Waals surface area contributed by atoms with Crippen molar-refractivity contribution in [3.63, 3.8) is 0 Å². The highest BCUT2D eigenvalue weighted by atomic mass is 16.7. The van der Waals surface area contributed by atoms with Crippen molar-refractivity contribution in [3.8, 4) is 5.75 Å². The molecule has 1 saturated heterocycles. The first-order valence-corrected chi connectivity index (χ1v) is 6.20. The highest BCUT2D eigenvalue weighted by Gasteiger charge is 2.18. The summed E-state index contributed by atoms with van der Waals surface area (Å²) in [6.07, 6.45) is 3.36. The smallest absolute Gasteiger partial charge is 0.158 e. The number of hydrogen-bond donors (Lipinski definition) is 0. The second-order valence-corrected chi connectivity index (χ2v) is 4.35. The van der Waals surface area contributed by atoms with E-state index in [1.54, 1.807) is 7.11 Å². The molecule has 1 aromatic carbocycles. The van der Waals surface area contributed by atoms with Crippen molar-refractivity contribution in [1.29, 1.82) is 0 Å². The van der Waals surface area contributed by atoms with Crippen LogP contribution in [0.5, 0.6) is 5.75 Å². The average Bonchev–Trinajstić information content (AvgIpc) is 2.40. The maximum atomic E-state index is 5.89. The van der Waals surface area contributed by atoms with Gasteiger partial charge in [-0.25, -0.2) is 0 Å². The molecular formula is C14H20O3. The minimum absolute atomic E-state index is 0.0409. The molecule has 0 bridgehead atoms. The fourth-order valence-electron chi connectivity index (χ4n) is 2.00. The molecule has 0 spiro atoms. The zero-order chi connectivity index (χ0) is 12.1. The van der Waals surface area contributed by atoms with Gasteiger partial charge in [0.15, 0.2) is 6.29 Å². The van der Waals surface area contributed by atoms with Crippen LogP contribution in [-0.2, 0) is 9.47 Å². The highest BCUT2D eigenvalue weighted by molar-refractivity contribution is 5.28. The van der Waals surface area contributed by atoms with Crippen LogP contribution >= 0.6 is 0 Å². The molecule has 1 fully saturated rings. The Hall–Kier alpha value is -1.06. The van der Waals surface area contributed by atoms with Crippen molar-refractivity contribution in [2.75, 3.05) is 13.7 Å². The lowest BCUT2D eigenvalue weighted by molar-refractivity contribution is -0.186. The molecular weight excluding hydrogens is 216 g/mol. The quantitative estimate of drug-likeness (QED) is 0.802. The minimum atomic E-state index is -0.0409. The minimum Gasteiger partial charge on any atom is -0.497 e. The van der Waals surface area contributed by atoms with Gasteiger partial charge in [-0.05, 0) is 43.9 Å². The molecule has 2 rings (SSSR count). The predicted molar refractivity (Wildman–Crippen MR) is 66.1 cm³/mol. The van der Waals surface area contributed by atoms with Gasteiger partial charge >= 0.3 is 0 Å². The lowest BCUT2D eigenvalue weighted by Crippen LogP contribution is -2.23. The third-order valence-corrected chi connectivity index (χ3v) is 3.08. The van der Waals surface area contributed by atoms with Gasteiger partial charge in [0.2, 0.25) is 0 Å². The third-order valence-electron chi connectivity index (χ3n) is 3.08. The molecule has 2 unspecified atom stereocenters. The molecule has 2 atom stereocenters. The summed E-state index contributed by atoms with van der Waals surface area (Å²) in [5, 5.41) is 0. The normalized spacial score (nSPS) is 22.1. The number of rotatable bonds is 4. The van der Waals surface area contributed by atoms with Gasteiger partial charge in [-0.15, -0.1) is 0 Å². The summed E-state index contributed by atoms with van der Waals surface area (Å²) in [5.41, 5.74) is 1.15. The van der Waals surface area contributed by atoms with Crippen LogP contribution in [0.4, 0.5) is 0 Å². The maximum absolute atomic E-state index is 5.89. The van der Waals surface area contributed by atoms with Crippen molar-refractivity contribution < 1.29 is 14.2 Å². The topological polar surface area (TPSA) is 27.7 Å². The molecule has 3 heteroatoms. The first kappa shape index (κ1) is 12.4. The molecule has 94 valence electrons. The van der Waals surface area contributed by atoms with Crippen LogP contribution in [0.2, 0.25) is 0 Å². The molecule has 0 saturated carbocycles. The lowest BCUT2D eigenvalue weighted by atomic mass is 10.1. The van der Waals surface area contributed by atoms with E-state index in [1.165, 1.54) is 6.42 Å². The Labute approximate surface area is 103 Å². The Kier molecular flexibility index (Phi) is 4.40. The molecule has 17 heavy (non-hydrogen) atoms. The Morgan fingerprint density at radius 3 is 2.59 bits per heavy atom. The van der Waals surface area contributed by atoms with Gasteiger partial charge in [-0.1, -0.05) is 12.1 Å². The lowest BCUT2D eigenvalue weighted by Gasteiger charge is -2.26. The van der Waals surface area contributed by atoms with Crippen LogP contribution in [0.15, 0.2) is 24.3 Å². The van der Waals surface area contributed by atoms with Crippen LogP contribution < -0.4 is 4.74 Å². The number of hydrogen-bond acceptors (Lipinski definition) is 3. The standard InChI is InChI=1S/C14H20O3/c1-11(17-14-5-3-4-10-16-14)12-6-8-13(15-2)9-7-12/h6-9,11,14H,3-5,10H2,1-2H3. The third kappa shape index (κ3) is 3.45. The summed E-state index contributed by atoms with van der Waals surface area (Å²) in [7, 11) is 1.67. The van der Waals surface area contributed by atoms with Crippen molar-refractivity contribution in [3.05, 3.63) is 29.8 Å². The molecule has 1 aliphatic rings. The Bertz CT molecular complexity index is 328. The van der Waals surface area contributed by atoms with E-state index in [0.717, 1.165) is 30.8 Å². The molecule has 0 amide bonds. The van der Waals surface area contributed by atoms with Crippen LogP contribution in [-0.4, -0.2) is 20.0 Å². The van der Waals surface area contributed by atoms with Gasteiger partial charge in [-0.3, -0.25) is 0 Å². The first-order chi connectivity index (χ1) is 8.29. The van der Waals surface area contributed by atoms with Crippen LogP contribution in [0.25, 0.3) is 0 Å². The van der Waals surface area contributed by atoms with Crippen molar-refractivity contribution in [1.82, 2.24) is 0 Å². The first-order valence-electron chi connectivity index (χ1n) is 6.20.